The van der Waals surface area contributed by atoms with Crippen molar-refractivity contribution in [2.24, 2.45) is 0 Å². The van der Waals surface area contributed by atoms with Crippen LogP contribution in [0.4, 0.5) is 5.82 Å². The third-order valence-electron chi connectivity index (χ3n) is 6.30. The van der Waals surface area contributed by atoms with Gasteiger partial charge < -0.3 is 19.5 Å². The largest absolute Gasteiger partial charge is 0.494 e. The minimum atomic E-state index is -0.738. The summed E-state index contributed by atoms with van der Waals surface area (Å²) in [7, 11) is 2.03. The Kier molecular flexibility index (Phi) is 7.85. The molecule has 1 atom stereocenters. The Morgan fingerprint density at radius 2 is 1.86 bits per heavy atom. The highest BCUT2D eigenvalue weighted by Gasteiger charge is 2.24. The molecule has 7 nitrogen and oxygen atoms in total. The second-order valence-corrected chi connectivity index (χ2v) is 8.97. The number of benzene rings is 2. The van der Waals surface area contributed by atoms with E-state index in [0.29, 0.717) is 19.0 Å². The van der Waals surface area contributed by atoms with Crippen molar-refractivity contribution in [2.75, 3.05) is 31.7 Å². The van der Waals surface area contributed by atoms with E-state index in [0.717, 1.165) is 59.9 Å². The van der Waals surface area contributed by atoms with Crippen LogP contribution in [0.25, 0.3) is 11.4 Å². The summed E-state index contributed by atoms with van der Waals surface area (Å²) in [4.78, 5) is 22.6. The van der Waals surface area contributed by atoms with E-state index >= 15 is 0 Å². The second-order valence-electron chi connectivity index (χ2n) is 8.97. The lowest BCUT2D eigenvalue weighted by Gasteiger charge is -2.19. The Morgan fingerprint density at radius 3 is 2.60 bits per heavy atom. The molecule has 1 aromatic heterocycles. The van der Waals surface area contributed by atoms with E-state index in [1.54, 1.807) is 0 Å². The quantitative estimate of drug-likeness (QED) is 0.379. The molecule has 0 saturated carbocycles. The summed E-state index contributed by atoms with van der Waals surface area (Å²) < 4.78 is 11.5. The minimum Gasteiger partial charge on any atom is -0.494 e. The van der Waals surface area contributed by atoms with Gasteiger partial charge in [-0.15, -0.1) is 0 Å². The maximum atomic E-state index is 11.1. The number of anilines is 1. The molecule has 1 heterocycles. The van der Waals surface area contributed by atoms with Crippen molar-refractivity contribution in [3.05, 3.63) is 65.4 Å². The molecule has 3 aromatic rings. The maximum Gasteiger partial charge on any atom is 0.303 e. The van der Waals surface area contributed by atoms with Crippen LogP contribution in [0.3, 0.4) is 0 Å². The van der Waals surface area contributed by atoms with E-state index in [1.807, 2.05) is 63.4 Å². The van der Waals surface area contributed by atoms with Gasteiger partial charge in [0, 0.05) is 30.9 Å². The number of aliphatic carboxylic acids is 1. The SMILES string of the molecule is CCOc1ccc(-c2nc(C)cc(N(C)CCCOc3ccc4c(c3)CC[C@H]4CC(=O)O)n2)cc1. The molecular formula is C28H33N3O4. The smallest absolute Gasteiger partial charge is 0.303 e. The number of carboxylic acids is 1. The number of fused-ring (bicyclic) bond motifs is 1. The fourth-order valence-corrected chi connectivity index (χ4v) is 4.54. The third-order valence-corrected chi connectivity index (χ3v) is 6.30. The fourth-order valence-electron chi connectivity index (χ4n) is 4.54. The maximum absolute atomic E-state index is 11.1. The number of ether oxygens (including phenoxy) is 2. The number of carboxylic acid groups (broad SMARTS) is 1. The third kappa shape index (κ3) is 6.29. The second kappa shape index (κ2) is 11.2. The van der Waals surface area contributed by atoms with Gasteiger partial charge in [0.2, 0.25) is 0 Å². The van der Waals surface area contributed by atoms with Gasteiger partial charge in [-0.1, -0.05) is 6.07 Å². The van der Waals surface area contributed by atoms with E-state index in [4.69, 9.17) is 19.6 Å². The summed E-state index contributed by atoms with van der Waals surface area (Å²) in [5.41, 5.74) is 4.24. The molecule has 0 unspecified atom stereocenters. The predicted octanol–water partition coefficient (Wildman–Crippen LogP) is 5.26. The first-order valence-electron chi connectivity index (χ1n) is 12.2. The Balaban J connectivity index is 1.31. The van der Waals surface area contributed by atoms with Crippen LogP contribution in [-0.2, 0) is 11.2 Å². The highest BCUT2D eigenvalue weighted by molar-refractivity contribution is 5.68. The fraction of sp³-hybridized carbons (Fsp3) is 0.393. The normalized spacial score (nSPS) is 14.4. The standard InChI is InChI=1S/C28H33N3O4/c1-4-34-23-10-8-20(9-11-23)28-29-19(2)16-26(30-28)31(3)14-5-15-35-24-12-13-25-21(17-24)6-7-22(25)18-27(32)33/h8-13,16-17,22H,4-7,14-15,18H2,1-3H3,(H,32,33)/t22-/m0/s1. The van der Waals surface area contributed by atoms with Crippen LogP contribution >= 0.6 is 0 Å². The number of nitrogens with zero attached hydrogens (tertiary/aromatic N) is 3. The average Bonchev–Trinajstić information content (AvgIpc) is 3.23. The number of rotatable bonds is 11. The van der Waals surface area contributed by atoms with E-state index in [1.165, 1.54) is 5.56 Å². The lowest BCUT2D eigenvalue weighted by atomic mass is 9.98. The van der Waals surface area contributed by atoms with Gasteiger partial charge in [0.05, 0.1) is 19.6 Å². The van der Waals surface area contributed by atoms with Crippen LogP contribution in [0, 0.1) is 6.92 Å². The summed E-state index contributed by atoms with van der Waals surface area (Å²) in [5.74, 6) is 2.64. The molecule has 1 aliphatic carbocycles. The summed E-state index contributed by atoms with van der Waals surface area (Å²) in [5, 5.41) is 9.10. The van der Waals surface area contributed by atoms with Crippen molar-refractivity contribution < 1.29 is 19.4 Å². The van der Waals surface area contributed by atoms with E-state index in [9.17, 15) is 4.79 Å². The van der Waals surface area contributed by atoms with Crippen molar-refractivity contribution in [3.63, 3.8) is 0 Å². The Morgan fingerprint density at radius 1 is 1.09 bits per heavy atom. The zero-order chi connectivity index (χ0) is 24.8. The predicted molar refractivity (Wildman–Crippen MR) is 137 cm³/mol. The first-order valence-corrected chi connectivity index (χ1v) is 12.2. The van der Waals surface area contributed by atoms with E-state index < -0.39 is 5.97 Å². The molecule has 0 amide bonds. The molecule has 4 rings (SSSR count). The molecule has 35 heavy (non-hydrogen) atoms. The zero-order valence-electron chi connectivity index (χ0n) is 20.7. The highest BCUT2D eigenvalue weighted by atomic mass is 16.5. The molecule has 0 aliphatic heterocycles. The molecule has 0 bridgehead atoms. The summed E-state index contributed by atoms with van der Waals surface area (Å²) in [6.45, 7) is 5.98. The molecule has 1 N–H and O–H groups in total. The molecule has 0 spiro atoms. The van der Waals surface area contributed by atoms with Gasteiger partial charge in [0.1, 0.15) is 17.3 Å². The molecule has 2 aromatic carbocycles. The van der Waals surface area contributed by atoms with Crippen LogP contribution in [0.1, 0.15) is 48.9 Å². The number of aromatic nitrogens is 2. The molecular weight excluding hydrogens is 442 g/mol. The lowest BCUT2D eigenvalue weighted by molar-refractivity contribution is -0.137. The first-order chi connectivity index (χ1) is 16.9. The number of hydrogen-bond donors (Lipinski definition) is 1. The zero-order valence-corrected chi connectivity index (χ0v) is 20.7. The molecule has 184 valence electrons. The van der Waals surface area contributed by atoms with Crippen molar-refractivity contribution in [2.45, 2.75) is 45.4 Å². The molecule has 0 radical (unpaired) electrons. The lowest BCUT2D eigenvalue weighted by Crippen LogP contribution is -2.22. The Labute approximate surface area is 206 Å². The van der Waals surface area contributed by atoms with Crippen LogP contribution in [0.5, 0.6) is 11.5 Å². The molecule has 7 heteroatoms. The van der Waals surface area contributed by atoms with Gasteiger partial charge in [0.25, 0.3) is 0 Å². The van der Waals surface area contributed by atoms with Crippen molar-refractivity contribution in [1.29, 1.82) is 0 Å². The minimum absolute atomic E-state index is 0.119. The summed E-state index contributed by atoms with van der Waals surface area (Å²) in [6.07, 6.45) is 2.85. The van der Waals surface area contributed by atoms with Crippen molar-refractivity contribution in [1.82, 2.24) is 9.97 Å². The van der Waals surface area contributed by atoms with Crippen LogP contribution in [0.15, 0.2) is 48.5 Å². The Bertz CT molecular complexity index is 1160. The van der Waals surface area contributed by atoms with Gasteiger partial charge in [-0.2, -0.15) is 0 Å². The van der Waals surface area contributed by atoms with Gasteiger partial charge >= 0.3 is 5.97 Å². The number of hydrogen-bond acceptors (Lipinski definition) is 6. The van der Waals surface area contributed by atoms with E-state index in [-0.39, 0.29) is 12.3 Å². The molecule has 0 saturated heterocycles. The van der Waals surface area contributed by atoms with Crippen LogP contribution in [0.2, 0.25) is 0 Å². The highest BCUT2D eigenvalue weighted by Crippen LogP contribution is 2.37. The first kappa shape index (κ1) is 24.5. The molecule has 1 aliphatic rings. The van der Waals surface area contributed by atoms with Crippen LogP contribution < -0.4 is 14.4 Å². The van der Waals surface area contributed by atoms with Gasteiger partial charge in [-0.3, -0.25) is 4.79 Å². The topological polar surface area (TPSA) is 84.8 Å². The monoisotopic (exact) mass is 475 g/mol. The molecule has 0 fully saturated rings. The van der Waals surface area contributed by atoms with Crippen molar-refractivity contribution in [3.8, 4) is 22.9 Å². The summed E-state index contributed by atoms with van der Waals surface area (Å²) >= 11 is 0. The average molecular weight is 476 g/mol. The van der Waals surface area contributed by atoms with Gasteiger partial charge in [0.15, 0.2) is 5.82 Å². The summed E-state index contributed by atoms with van der Waals surface area (Å²) in [6, 6.07) is 15.9. The number of carbonyl (C=O) groups is 1. The van der Waals surface area contributed by atoms with E-state index in [2.05, 4.69) is 16.0 Å². The van der Waals surface area contributed by atoms with Gasteiger partial charge in [-0.05, 0) is 86.6 Å². The van der Waals surface area contributed by atoms with Crippen molar-refractivity contribution >= 4 is 11.8 Å². The number of aryl methyl sites for hydroxylation is 2. The van der Waals surface area contributed by atoms with Crippen LogP contribution in [-0.4, -0.2) is 47.8 Å². The van der Waals surface area contributed by atoms with Gasteiger partial charge in [-0.25, -0.2) is 9.97 Å². The Hall–Kier alpha value is -3.61.